The van der Waals surface area contributed by atoms with Gasteiger partial charge in [0.15, 0.2) is 5.75 Å². The Morgan fingerprint density at radius 2 is 2.19 bits per heavy atom. The maximum atomic E-state index is 11.8. The predicted octanol–water partition coefficient (Wildman–Crippen LogP) is 1.15. The second-order valence-corrected chi connectivity index (χ2v) is 4.95. The highest BCUT2D eigenvalue weighted by atomic mass is 32.2. The number of carboxylic acids is 1. The van der Waals surface area contributed by atoms with Crippen LogP contribution in [0.5, 0.6) is 5.75 Å². The number of nitrogens with one attached hydrogen (secondary N) is 1. The average molecular weight is 314 g/mol. The molecule has 0 aromatic heterocycles. The number of thioether (sulfide) groups is 1. The second-order valence-electron chi connectivity index (χ2n) is 3.85. The van der Waals surface area contributed by atoms with Crippen LogP contribution in [-0.4, -0.2) is 47.1 Å². The highest BCUT2D eigenvalue weighted by Crippen LogP contribution is 2.27. The molecule has 1 rings (SSSR count). The van der Waals surface area contributed by atoms with Crippen molar-refractivity contribution in [2.24, 2.45) is 0 Å². The predicted molar refractivity (Wildman–Crippen MR) is 76.9 cm³/mol. The molecule has 1 aromatic rings. The number of nitro groups is 1. The van der Waals surface area contributed by atoms with E-state index in [1.165, 1.54) is 37.1 Å². The van der Waals surface area contributed by atoms with Gasteiger partial charge < -0.3 is 15.2 Å². The number of carboxylic acid groups (broad SMARTS) is 1. The number of amides is 1. The van der Waals surface area contributed by atoms with Crippen molar-refractivity contribution in [2.45, 2.75) is 0 Å². The third-order valence-corrected chi connectivity index (χ3v) is 3.34. The van der Waals surface area contributed by atoms with Gasteiger partial charge in [-0.1, -0.05) is 0 Å². The van der Waals surface area contributed by atoms with Gasteiger partial charge in [0, 0.05) is 30.0 Å². The van der Waals surface area contributed by atoms with Gasteiger partial charge in [0.05, 0.1) is 17.8 Å². The Morgan fingerprint density at radius 3 is 2.76 bits per heavy atom. The summed E-state index contributed by atoms with van der Waals surface area (Å²) in [4.78, 5) is 32.3. The third kappa shape index (κ3) is 5.30. The zero-order chi connectivity index (χ0) is 15.8. The van der Waals surface area contributed by atoms with Crippen LogP contribution in [-0.2, 0) is 4.79 Å². The number of hydrogen-bond donors (Lipinski definition) is 2. The van der Waals surface area contributed by atoms with Crippen molar-refractivity contribution in [3.63, 3.8) is 0 Å². The number of methoxy groups -OCH3 is 1. The molecule has 21 heavy (non-hydrogen) atoms. The van der Waals surface area contributed by atoms with Gasteiger partial charge in [0.1, 0.15) is 0 Å². The van der Waals surface area contributed by atoms with E-state index in [0.717, 1.165) is 0 Å². The van der Waals surface area contributed by atoms with Crippen LogP contribution in [0.3, 0.4) is 0 Å². The van der Waals surface area contributed by atoms with Crippen molar-refractivity contribution in [1.82, 2.24) is 5.32 Å². The van der Waals surface area contributed by atoms with Crippen molar-refractivity contribution in [1.29, 1.82) is 0 Å². The van der Waals surface area contributed by atoms with E-state index in [-0.39, 0.29) is 22.8 Å². The van der Waals surface area contributed by atoms with Gasteiger partial charge in [-0.25, -0.2) is 0 Å². The van der Waals surface area contributed by atoms with Gasteiger partial charge in [0.25, 0.3) is 5.91 Å². The minimum atomic E-state index is -0.911. The summed E-state index contributed by atoms with van der Waals surface area (Å²) in [6.07, 6.45) is 0. The molecule has 0 aliphatic carbocycles. The number of hydrogen-bond acceptors (Lipinski definition) is 6. The zero-order valence-corrected chi connectivity index (χ0v) is 12.0. The smallest absolute Gasteiger partial charge is 0.313 e. The fourth-order valence-electron chi connectivity index (χ4n) is 1.47. The van der Waals surface area contributed by atoms with E-state index in [9.17, 15) is 19.7 Å². The van der Waals surface area contributed by atoms with Gasteiger partial charge >= 0.3 is 11.7 Å². The Morgan fingerprint density at radius 1 is 1.48 bits per heavy atom. The summed E-state index contributed by atoms with van der Waals surface area (Å²) in [5.74, 6) is -0.873. The molecule has 0 saturated heterocycles. The lowest BCUT2D eigenvalue weighted by Gasteiger charge is -2.06. The molecular weight excluding hydrogens is 300 g/mol. The van der Waals surface area contributed by atoms with Crippen LogP contribution < -0.4 is 10.1 Å². The van der Waals surface area contributed by atoms with E-state index >= 15 is 0 Å². The van der Waals surface area contributed by atoms with Crippen LogP contribution >= 0.6 is 11.8 Å². The molecule has 0 heterocycles. The van der Waals surface area contributed by atoms with Gasteiger partial charge in [0.2, 0.25) is 0 Å². The van der Waals surface area contributed by atoms with Gasteiger partial charge in [-0.2, -0.15) is 0 Å². The monoisotopic (exact) mass is 314 g/mol. The molecule has 0 fully saturated rings. The van der Waals surface area contributed by atoms with Crippen LogP contribution in [0.2, 0.25) is 0 Å². The Kier molecular flexibility index (Phi) is 6.47. The van der Waals surface area contributed by atoms with Crippen LogP contribution in [0, 0.1) is 10.1 Å². The molecule has 2 N–H and O–H groups in total. The molecule has 114 valence electrons. The van der Waals surface area contributed by atoms with Crippen LogP contribution in [0.1, 0.15) is 10.4 Å². The van der Waals surface area contributed by atoms with Crippen LogP contribution in [0.25, 0.3) is 0 Å². The number of rotatable bonds is 8. The summed E-state index contributed by atoms with van der Waals surface area (Å²) < 4.78 is 4.88. The topological polar surface area (TPSA) is 119 Å². The number of carbonyl (C=O) groups excluding carboxylic acids is 1. The lowest BCUT2D eigenvalue weighted by atomic mass is 10.2. The Balaban J connectivity index is 2.58. The highest BCUT2D eigenvalue weighted by Gasteiger charge is 2.17. The standard InChI is InChI=1S/C12H14N2O6S/c1-20-10-6-8(2-3-9(10)14(18)19)12(17)13-4-5-21-7-11(15)16/h2-3,6H,4-5,7H2,1H3,(H,13,17)(H,15,16). The van der Waals surface area contributed by atoms with Crippen molar-refractivity contribution in [3.05, 3.63) is 33.9 Å². The normalized spacial score (nSPS) is 9.95. The molecule has 0 aliphatic heterocycles. The van der Waals surface area contributed by atoms with Crippen LogP contribution in [0.4, 0.5) is 5.69 Å². The maximum Gasteiger partial charge on any atom is 0.313 e. The summed E-state index contributed by atoms with van der Waals surface area (Å²) in [6, 6.07) is 3.82. The lowest BCUT2D eigenvalue weighted by molar-refractivity contribution is -0.385. The summed E-state index contributed by atoms with van der Waals surface area (Å²) >= 11 is 1.18. The zero-order valence-electron chi connectivity index (χ0n) is 11.2. The SMILES string of the molecule is COc1cc(C(=O)NCCSCC(=O)O)ccc1[N+](=O)[O-]. The fraction of sp³-hybridized carbons (Fsp3) is 0.333. The minimum Gasteiger partial charge on any atom is -0.490 e. The number of ether oxygens (including phenoxy) is 1. The summed E-state index contributed by atoms with van der Waals surface area (Å²) in [7, 11) is 1.28. The van der Waals surface area contributed by atoms with Gasteiger partial charge in [-0.15, -0.1) is 11.8 Å². The molecule has 0 saturated carbocycles. The van der Waals surface area contributed by atoms with E-state index < -0.39 is 16.8 Å². The number of nitrogens with zero attached hydrogens (tertiary/aromatic N) is 1. The molecule has 1 aromatic carbocycles. The quantitative estimate of drug-likeness (QED) is 0.419. The summed E-state index contributed by atoms with van der Waals surface area (Å²) in [5.41, 5.74) is 0.0201. The van der Waals surface area contributed by atoms with E-state index in [0.29, 0.717) is 12.3 Å². The van der Waals surface area contributed by atoms with Crippen molar-refractivity contribution < 1.29 is 24.4 Å². The molecule has 0 aliphatic rings. The molecule has 0 spiro atoms. The fourth-order valence-corrected chi connectivity index (χ4v) is 2.03. The summed E-state index contributed by atoms with van der Waals surface area (Å²) in [5, 5.41) is 21.8. The first-order valence-electron chi connectivity index (χ1n) is 5.86. The Hall–Kier alpha value is -2.29. The van der Waals surface area contributed by atoms with E-state index in [1.54, 1.807) is 0 Å². The summed E-state index contributed by atoms with van der Waals surface area (Å²) in [6.45, 7) is 0.302. The van der Waals surface area contributed by atoms with Crippen molar-refractivity contribution in [2.75, 3.05) is 25.2 Å². The number of benzene rings is 1. The third-order valence-electron chi connectivity index (χ3n) is 2.40. The Labute approximate surface area is 124 Å². The average Bonchev–Trinajstić information content (AvgIpc) is 2.45. The number of aliphatic carboxylic acids is 1. The maximum absolute atomic E-state index is 11.8. The first-order chi connectivity index (χ1) is 9.95. The molecule has 0 bridgehead atoms. The Bertz CT molecular complexity index is 549. The highest BCUT2D eigenvalue weighted by molar-refractivity contribution is 7.99. The van der Waals surface area contributed by atoms with Crippen molar-refractivity contribution in [3.8, 4) is 5.75 Å². The first kappa shape index (κ1) is 16.8. The van der Waals surface area contributed by atoms with Gasteiger partial charge in [-0.3, -0.25) is 19.7 Å². The van der Waals surface area contributed by atoms with Crippen LogP contribution in [0.15, 0.2) is 18.2 Å². The number of carbonyl (C=O) groups is 2. The number of nitro benzene ring substituents is 1. The molecule has 0 atom stereocenters. The van der Waals surface area contributed by atoms with Gasteiger partial charge in [-0.05, 0) is 6.07 Å². The van der Waals surface area contributed by atoms with E-state index in [4.69, 9.17) is 9.84 Å². The second kappa shape index (κ2) is 8.10. The molecule has 0 unspecified atom stereocenters. The lowest BCUT2D eigenvalue weighted by Crippen LogP contribution is -2.26. The van der Waals surface area contributed by atoms with E-state index in [2.05, 4.69) is 5.32 Å². The first-order valence-corrected chi connectivity index (χ1v) is 7.01. The molecular formula is C12H14N2O6S. The largest absolute Gasteiger partial charge is 0.490 e. The van der Waals surface area contributed by atoms with Crippen molar-refractivity contribution >= 4 is 29.3 Å². The molecule has 0 radical (unpaired) electrons. The molecule has 9 heteroatoms. The molecule has 1 amide bonds. The van der Waals surface area contributed by atoms with E-state index in [1.807, 2.05) is 0 Å². The molecule has 8 nitrogen and oxygen atoms in total. The minimum absolute atomic E-state index is 0.00732.